The molecule has 0 atom stereocenters. The minimum absolute atomic E-state index is 0. The molecule has 142 valence electrons. The summed E-state index contributed by atoms with van der Waals surface area (Å²) in [7, 11) is 1.62. The van der Waals surface area contributed by atoms with Crippen molar-refractivity contribution >= 4 is 29.3 Å². The standard InChI is InChI=1S/C21H22N2O3.ClH/c1-25-16-7-8-17-18(13-16)26-20(19(17)14-5-3-2-4-6-14)21(24)23-11-9-15(22)10-12-23;/h2-8,13,15H,9-12,22H2,1H3;1H. The van der Waals surface area contributed by atoms with E-state index < -0.39 is 0 Å². The van der Waals surface area contributed by atoms with Gasteiger partial charge < -0.3 is 19.8 Å². The molecule has 0 aliphatic carbocycles. The molecule has 4 rings (SSSR count). The topological polar surface area (TPSA) is 68.7 Å². The minimum Gasteiger partial charge on any atom is -0.497 e. The largest absolute Gasteiger partial charge is 0.497 e. The number of fused-ring (bicyclic) bond motifs is 1. The fourth-order valence-electron chi connectivity index (χ4n) is 3.49. The number of rotatable bonds is 3. The van der Waals surface area contributed by atoms with E-state index >= 15 is 0 Å². The Morgan fingerprint density at radius 3 is 2.52 bits per heavy atom. The predicted octanol–water partition coefficient (Wildman–Crippen LogP) is 4.09. The van der Waals surface area contributed by atoms with E-state index in [1.54, 1.807) is 7.11 Å². The first-order chi connectivity index (χ1) is 12.7. The van der Waals surface area contributed by atoms with Crippen molar-refractivity contribution in [3.63, 3.8) is 0 Å². The van der Waals surface area contributed by atoms with Crippen LogP contribution in [-0.2, 0) is 0 Å². The van der Waals surface area contributed by atoms with Crippen molar-refractivity contribution in [1.29, 1.82) is 0 Å². The van der Waals surface area contributed by atoms with Gasteiger partial charge in [0.15, 0.2) is 0 Å². The molecule has 0 bridgehead atoms. The first kappa shape index (κ1) is 19.3. The van der Waals surface area contributed by atoms with Crippen LogP contribution in [-0.4, -0.2) is 37.0 Å². The summed E-state index contributed by atoms with van der Waals surface area (Å²) in [6, 6.07) is 15.7. The van der Waals surface area contributed by atoms with Crippen LogP contribution in [0.1, 0.15) is 23.4 Å². The molecule has 0 spiro atoms. The van der Waals surface area contributed by atoms with Gasteiger partial charge in [0, 0.05) is 36.1 Å². The monoisotopic (exact) mass is 386 g/mol. The van der Waals surface area contributed by atoms with E-state index in [2.05, 4.69) is 0 Å². The van der Waals surface area contributed by atoms with Crippen molar-refractivity contribution in [3.05, 3.63) is 54.3 Å². The molecule has 2 N–H and O–H groups in total. The van der Waals surface area contributed by atoms with Gasteiger partial charge in [0.2, 0.25) is 5.76 Å². The highest BCUT2D eigenvalue weighted by atomic mass is 35.5. The summed E-state index contributed by atoms with van der Waals surface area (Å²) in [5.41, 5.74) is 8.43. The van der Waals surface area contributed by atoms with Gasteiger partial charge in [0.05, 0.1) is 7.11 Å². The van der Waals surface area contributed by atoms with Gasteiger partial charge in [-0.1, -0.05) is 30.3 Å². The zero-order chi connectivity index (χ0) is 18.1. The molecule has 0 saturated carbocycles. The maximum atomic E-state index is 13.2. The van der Waals surface area contributed by atoms with E-state index in [0.29, 0.717) is 30.2 Å². The van der Waals surface area contributed by atoms with Crippen molar-refractivity contribution in [2.24, 2.45) is 5.73 Å². The van der Waals surface area contributed by atoms with Gasteiger partial charge in [-0.15, -0.1) is 12.4 Å². The van der Waals surface area contributed by atoms with Crippen LogP contribution in [0.2, 0.25) is 0 Å². The number of halogens is 1. The van der Waals surface area contributed by atoms with Gasteiger partial charge in [-0.3, -0.25) is 4.79 Å². The van der Waals surface area contributed by atoms with Crippen molar-refractivity contribution in [2.45, 2.75) is 18.9 Å². The number of amides is 1. The van der Waals surface area contributed by atoms with Crippen LogP contribution in [0.5, 0.6) is 5.75 Å². The molecule has 5 nitrogen and oxygen atoms in total. The predicted molar refractivity (Wildman–Crippen MR) is 109 cm³/mol. The van der Waals surface area contributed by atoms with Gasteiger partial charge >= 0.3 is 0 Å². The first-order valence-electron chi connectivity index (χ1n) is 8.88. The molecule has 2 heterocycles. The van der Waals surface area contributed by atoms with Crippen LogP contribution >= 0.6 is 12.4 Å². The molecular weight excluding hydrogens is 364 g/mol. The summed E-state index contributed by atoms with van der Waals surface area (Å²) in [5.74, 6) is 1.01. The fraction of sp³-hybridized carbons (Fsp3) is 0.286. The molecule has 1 saturated heterocycles. The molecular formula is C21H23ClN2O3. The Balaban J connectivity index is 0.00000210. The maximum absolute atomic E-state index is 13.2. The molecule has 27 heavy (non-hydrogen) atoms. The van der Waals surface area contributed by atoms with Crippen LogP contribution in [0.3, 0.4) is 0 Å². The second-order valence-corrected chi connectivity index (χ2v) is 6.66. The molecule has 3 aromatic rings. The smallest absolute Gasteiger partial charge is 0.290 e. The Morgan fingerprint density at radius 2 is 1.85 bits per heavy atom. The molecule has 1 aliphatic rings. The van der Waals surface area contributed by atoms with Crippen LogP contribution in [0.15, 0.2) is 52.9 Å². The summed E-state index contributed by atoms with van der Waals surface area (Å²) < 4.78 is 11.3. The highest BCUT2D eigenvalue weighted by Crippen LogP contribution is 2.37. The molecule has 2 aromatic carbocycles. The lowest BCUT2D eigenvalue weighted by atomic mass is 10.0. The molecule has 1 fully saturated rings. The molecule has 6 heteroatoms. The number of likely N-dealkylation sites (tertiary alicyclic amines) is 1. The number of furan rings is 1. The van der Waals surface area contributed by atoms with E-state index in [9.17, 15) is 4.79 Å². The van der Waals surface area contributed by atoms with Gasteiger partial charge in [-0.25, -0.2) is 0 Å². The third-order valence-electron chi connectivity index (χ3n) is 4.98. The summed E-state index contributed by atoms with van der Waals surface area (Å²) >= 11 is 0. The Bertz CT molecular complexity index is 931. The summed E-state index contributed by atoms with van der Waals surface area (Å²) in [6.45, 7) is 1.32. The molecule has 0 unspecified atom stereocenters. The summed E-state index contributed by atoms with van der Waals surface area (Å²) in [6.07, 6.45) is 1.64. The zero-order valence-electron chi connectivity index (χ0n) is 15.2. The average molecular weight is 387 g/mol. The van der Waals surface area contributed by atoms with Gasteiger partial charge in [0.1, 0.15) is 11.3 Å². The number of hydrogen-bond acceptors (Lipinski definition) is 4. The Kier molecular flexibility index (Phi) is 5.73. The molecule has 1 aliphatic heterocycles. The SMILES string of the molecule is COc1ccc2c(-c3ccccc3)c(C(=O)N3CCC(N)CC3)oc2c1.Cl. The molecule has 0 radical (unpaired) electrons. The number of piperidine rings is 1. The number of nitrogens with two attached hydrogens (primary N) is 1. The number of ether oxygens (including phenoxy) is 1. The number of carbonyl (C=O) groups excluding carboxylic acids is 1. The number of hydrogen-bond donors (Lipinski definition) is 1. The zero-order valence-corrected chi connectivity index (χ0v) is 16.0. The average Bonchev–Trinajstić information content (AvgIpc) is 3.07. The molecule has 1 amide bonds. The Hall–Kier alpha value is -2.50. The quantitative estimate of drug-likeness (QED) is 0.736. The van der Waals surface area contributed by atoms with Gasteiger partial charge in [-0.05, 0) is 30.5 Å². The Labute approximate surface area is 164 Å². The van der Waals surface area contributed by atoms with Crippen molar-refractivity contribution in [1.82, 2.24) is 4.90 Å². The van der Waals surface area contributed by atoms with Crippen LogP contribution in [0.25, 0.3) is 22.1 Å². The van der Waals surface area contributed by atoms with Gasteiger partial charge in [0.25, 0.3) is 5.91 Å². The number of carbonyl (C=O) groups is 1. The lowest BCUT2D eigenvalue weighted by Crippen LogP contribution is -2.42. The number of nitrogens with zero attached hydrogens (tertiary/aromatic N) is 1. The number of methoxy groups -OCH3 is 1. The third-order valence-corrected chi connectivity index (χ3v) is 4.98. The van der Waals surface area contributed by atoms with Crippen molar-refractivity contribution in [3.8, 4) is 16.9 Å². The molecule has 1 aromatic heterocycles. The lowest BCUT2D eigenvalue weighted by molar-refractivity contribution is 0.0686. The number of benzene rings is 2. The third kappa shape index (κ3) is 3.66. The second kappa shape index (κ2) is 8.03. The summed E-state index contributed by atoms with van der Waals surface area (Å²) in [4.78, 5) is 15.0. The van der Waals surface area contributed by atoms with E-state index in [1.165, 1.54) is 0 Å². The fourth-order valence-corrected chi connectivity index (χ4v) is 3.49. The Morgan fingerprint density at radius 1 is 1.15 bits per heavy atom. The van der Waals surface area contributed by atoms with E-state index in [4.69, 9.17) is 14.9 Å². The van der Waals surface area contributed by atoms with Crippen LogP contribution < -0.4 is 10.5 Å². The normalized spacial score (nSPS) is 14.8. The van der Waals surface area contributed by atoms with E-state index in [1.807, 2.05) is 53.4 Å². The maximum Gasteiger partial charge on any atom is 0.290 e. The highest BCUT2D eigenvalue weighted by molar-refractivity contribution is 6.08. The minimum atomic E-state index is -0.0779. The van der Waals surface area contributed by atoms with E-state index in [0.717, 1.165) is 29.4 Å². The second-order valence-electron chi connectivity index (χ2n) is 6.66. The van der Waals surface area contributed by atoms with Crippen LogP contribution in [0, 0.1) is 0 Å². The van der Waals surface area contributed by atoms with Gasteiger partial charge in [-0.2, -0.15) is 0 Å². The summed E-state index contributed by atoms with van der Waals surface area (Å²) in [5, 5.41) is 0.911. The van der Waals surface area contributed by atoms with Crippen molar-refractivity contribution in [2.75, 3.05) is 20.2 Å². The highest BCUT2D eigenvalue weighted by Gasteiger charge is 2.28. The lowest BCUT2D eigenvalue weighted by Gasteiger charge is -2.29. The van der Waals surface area contributed by atoms with Crippen LogP contribution in [0.4, 0.5) is 0 Å². The first-order valence-corrected chi connectivity index (χ1v) is 8.88. The van der Waals surface area contributed by atoms with E-state index in [-0.39, 0.29) is 24.4 Å². The van der Waals surface area contributed by atoms with Crippen molar-refractivity contribution < 1.29 is 13.9 Å².